The van der Waals surface area contributed by atoms with Gasteiger partial charge in [0.1, 0.15) is 0 Å². The molecule has 0 unspecified atom stereocenters. The molecule has 1 atom stereocenters. The van der Waals surface area contributed by atoms with Gasteiger partial charge in [-0.2, -0.15) is 0 Å². The lowest BCUT2D eigenvalue weighted by Crippen LogP contribution is -2.45. The number of esters is 1. The van der Waals surface area contributed by atoms with Crippen LogP contribution in [0.15, 0.2) is 73.3 Å². The summed E-state index contributed by atoms with van der Waals surface area (Å²) in [5.41, 5.74) is -0.173. The second kappa shape index (κ2) is 9.69. The molecule has 1 N–H and O–H groups in total. The van der Waals surface area contributed by atoms with Crippen LogP contribution in [0.1, 0.15) is 25.0 Å². The number of hydrogen-bond donors (Lipinski definition) is 1. The lowest BCUT2D eigenvalue weighted by atomic mass is 9.86. The van der Waals surface area contributed by atoms with E-state index >= 15 is 0 Å². The van der Waals surface area contributed by atoms with Crippen LogP contribution in [0.4, 0.5) is 0 Å². The largest absolute Gasteiger partial charge is 0.450 e. The molecule has 2 aromatic carbocycles. The first-order valence-electron chi connectivity index (χ1n) is 8.91. The Labute approximate surface area is 160 Å². The molecule has 2 rings (SSSR count). The highest BCUT2D eigenvalue weighted by molar-refractivity contribution is 5.89. The lowest BCUT2D eigenvalue weighted by molar-refractivity contribution is -0.175. The topological polar surface area (TPSA) is 64.6 Å². The van der Waals surface area contributed by atoms with Gasteiger partial charge in [-0.05, 0) is 25.0 Å². The van der Waals surface area contributed by atoms with E-state index in [1.165, 1.54) is 6.92 Å². The highest BCUT2D eigenvalue weighted by Gasteiger charge is 2.45. The summed E-state index contributed by atoms with van der Waals surface area (Å²) in [6.07, 6.45) is 0.593. The van der Waals surface area contributed by atoms with Crippen molar-refractivity contribution in [3.8, 4) is 0 Å². The molecule has 0 heterocycles. The third-order valence-electron chi connectivity index (χ3n) is 4.08. The average molecular weight is 367 g/mol. The van der Waals surface area contributed by atoms with Crippen molar-refractivity contribution in [2.75, 3.05) is 13.2 Å². The van der Waals surface area contributed by atoms with Crippen LogP contribution in [0.3, 0.4) is 0 Å². The molecule has 0 aromatic heterocycles. The van der Waals surface area contributed by atoms with E-state index in [-0.39, 0.29) is 6.61 Å². The lowest BCUT2D eigenvalue weighted by Gasteiger charge is -2.33. The number of amides is 1. The van der Waals surface area contributed by atoms with Crippen molar-refractivity contribution >= 4 is 11.9 Å². The number of nitrogens with one attached hydrogen (secondary N) is 1. The number of ether oxygens (including phenoxy) is 2. The van der Waals surface area contributed by atoms with Crippen molar-refractivity contribution < 1.29 is 19.1 Å². The number of hydrogen-bond acceptors (Lipinski definition) is 4. The van der Waals surface area contributed by atoms with Gasteiger partial charge in [-0.3, -0.25) is 4.79 Å². The first kappa shape index (κ1) is 20.4. The van der Waals surface area contributed by atoms with Gasteiger partial charge in [0.2, 0.25) is 5.60 Å². The van der Waals surface area contributed by atoms with Gasteiger partial charge in [0.25, 0.3) is 5.91 Å². The molecule has 5 nitrogen and oxygen atoms in total. The molecule has 0 aliphatic rings. The molecule has 0 fully saturated rings. The van der Waals surface area contributed by atoms with E-state index < -0.39 is 23.6 Å². The molecule has 0 spiro atoms. The fourth-order valence-electron chi connectivity index (χ4n) is 2.80. The summed E-state index contributed by atoms with van der Waals surface area (Å²) in [6.45, 7) is 7.49. The molecule has 0 aliphatic carbocycles. The van der Waals surface area contributed by atoms with E-state index in [0.29, 0.717) is 17.7 Å². The minimum Gasteiger partial charge on any atom is -0.450 e. The maximum absolute atomic E-state index is 13.3. The molecule has 27 heavy (non-hydrogen) atoms. The minimum atomic E-state index is -1.45. The summed E-state index contributed by atoms with van der Waals surface area (Å²) < 4.78 is 11.5. The third-order valence-corrected chi connectivity index (χ3v) is 4.08. The first-order chi connectivity index (χ1) is 13.1. The number of benzene rings is 2. The van der Waals surface area contributed by atoms with Crippen molar-refractivity contribution in [3.63, 3.8) is 0 Å². The van der Waals surface area contributed by atoms with Gasteiger partial charge in [0.15, 0.2) is 6.10 Å². The van der Waals surface area contributed by atoms with Gasteiger partial charge in [0.05, 0.1) is 0 Å². The van der Waals surface area contributed by atoms with Crippen LogP contribution in [0.25, 0.3) is 0 Å². The third kappa shape index (κ3) is 4.63. The Kier molecular flexibility index (Phi) is 7.32. The quantitative estimate of drug-likeness (QED) is 0.546. The van der Waals surface area contributed by atoms with E-state index in [1.54, 1.807) is 6.08 Å². The summed E-state index contributed by atoms with van der Waals surface area (Å²) in [4.78, 5) is 25.4. The van der Waals surface area contributed by atoms with Crippen LogP contribution in [0, 0.1) is 0 Å². The molecule has 0 radical (unpaired) electrons. The molecule has 0 saturated heterocycles. The van der Waals surface area contributed by atoms with Crippen molar-refractivity contribution in [3.05, 3.63) is 84.4 Å². The minimum absolute atomic E-state index is 0.288. The van der Waals surface area contributed by atoms with Crippen LogP contribution in [-0.4, -0.2) is 31.1 Å². The Morgan fingerprint density at radius 1 is 1.07 bits per heavy atom. The Morgan fingerprint density at radius 3 is 2.04 bits per heavy atom. The molecular weight excluding hydrogens is 342 g/mol. The fourth-order valence-corrected chi connectivity index (χ4v) is 2.80. The highest BCUT2D eigenvalue weighted by atomic mass is 16.6. The van der Waals surface area contributed by atoms with Crippen molar-refractivity contribution in [2.24, 2.45) is 0 Å². The van der Waals surface area contributed by atoms with Gasteiger partial charge in [-0.25, -0.2) is 4.79 Å². The molecule has 0 aliphatic heterocycles. The second-order valence-corrected chi connectivity index (χ2v) is 5.93. The van der Waals surface area contributed by atoms with Crippen LogP contribution in [0.2, 0.25) is 0 Å². The van der Waals surface area contributed by atoms with Crippen molar-refractivity contribution in [1.29, 1.82) is 0 Å². The predicted molar refractivity (Wildman–Crippen MR) is 104 cm³/mol. The van der Waals surface area contributed by atoms with E-state index in [2.05, 4.69) is 11.9 Å². The normalized spacial score (nSPS) is 12.1. The van der Waals surface area contributed by atoms with Gasteiger partial charge >= 0.3 is 5.97 Å². The van der Waals surface area contributed by atoms with Crippen LogP contribution >= 0.6 is 0 Å². The van der Waals surface area contributed by atoms with Crippen molar-refractivity contribution in [1.82, 2.24) is 5.32 Å². The Balaban J connectivity index is 2.44. The maximum atomic E-state index is 13.3. The SMILES string of the molecule is C=CCNC(=O)[C@H](C)OC(=O)C(OCC)(c1ccccc1)c1ccccc1. The van der Waals surface area contributed by atoms with E-state index in [0.717, 1.165) is 0 Å². The van der Waals surface area contributed by atoms with Gasteiger partial charge < -0.3 is 14.8 Å². The van der Waals surface area contributed by atoms with Crippen LogP contribution in [-0.2, 0) is 24.7 Å². The first-order valence-corrected chi connectivity index (χ1v) is 8.91. The van der Waals surface area contributed by atoms with E-state index in [1.807, 2.05) is 67.6 Å². The van der Waals surface area contributed by atoms with Gasteiger partial charge in [-0.15, -0.1) is 6.58 Å². The summed E-state index contributed by atoms with van der Waals surface area (Å²) in [7, 11) is 0. The Hall–Kier alpha value is -2.92. The molecule has 1 amide bonds. The maximum Gasteiger partial charge on any atom is 0.348 e. The molecule has 0 bridgehead atoms. The molecule has 0 saturated carbocycles. The average Bonchev–Trinajstić information content (AvgIpc) is 2.71. The molecule has 5 heteroatoms. The zero-order valence-electron chi connectivity index (χ0n) is 15.7. The number of rotatable bonds is 9. The summed E-state index contributed by atoms with van der Waals surface area (Å²) in [5, 5.41) is 2.63. The summed E-state index contributed by atoms with van der Waals surface area (Å²) in [6, 6.07) is 18.3. The van der Waals surface area contributed by atoms with Gasteiger partial charge in [0, 0.05) is 13.2 Å². The predicted octanol–water partition coefficient (Wildman–Crippen LogP) is 3.20. The second-order valence-electron chi connectivity index (χ2n) is 5.93. The summed E-state index contributed by atoms with van der Waals surface area (Å²) >= 11 is 0. The molecule has 2 aromatic rings. The Bertz CT molecular complexity index is 719. The monoisotopic (exact) mass is 367 g/mol. The van der Waals surface area contributed by atoms with Crippen LogP contribution in [0.5, 0.6) is 0 Å². The van der Waals surface area contributed by atoms with Gasteiger partial charge in [-0.1, -0.05) is 66.7 Å². The van der Waals surface area contributed by atoms with E-state index in [4.69, 9.17) is 9.47 Å². The highest BCUT2D eigenvalue weighted by Crippen LogP contribution is 2.35. The van der Waals surface area contributed by atoms with Crippen LogP contribution < -0.4 is 5.32 Å². The number of carbonyl (C=O) groups is 2. The molecular formula is C22H25NO4. The standard InChI is InChI=1S/C22H25NO4/c1-4-16-23-20(24)17(3)27-21(25)22(26-5-2,18-12-8-6-9-13-18)19-14-10-7-11-15-19/h4,6-15,17H,1,5,16H2,2-3H3,(H,23,24)/t17-/m0/s1. The zero-order valence-corrected chi connectivity index (χ0v) is 15.7. The zero-order chi connectivity index (χ0) is 19.7. The fraction of sp³-hybridized carbons (Fsp3) is 0.273. The smallest absolute Gasteiger partial charge is 0.348 e. The molecule has 142 valence electrons. The van der Waals surface area contributed by atoms with E-state index in [9.17, 15) is 9.59 Å². The Morgan fingerprint density at radius 2 is 1.59 bits per heavy atom. The van der Waals surface area contributed by atoms with Crippen molar-refractivity contribution in [2.45, 2.75) is 25.6 Å². The summed E-state index contributed by atoms with van der Waals surface area (Å²) in [5.74, 6) is -1.03. The number of carbonyl (C=O) groups excluding carboxylic acids is 2.